The number of hydrogen-bond donors (Lipinski definition) is 1. The number of anilines is 1. The van der Waals surface area contributed by atoms with E-state index in [-0.39, 0.29) is 0 Å². The molecule has 0 radical (unpaired) electrons. The molecule has 0 saturated carbocycles. The predicted molar refractivity (Wildman–Crippen MR) is 86.2 cm³/mol. The third-order valence-corrected chi connectivity index (χ3v) is 4.32. The molecule has 2 rings (SSSR count). The molecule has 1 aromatic heterocycles. The fraction of sp³-hybridized carbons (Fsp3) is 0.706. The molecular formula is C17H29N3. The van der Waals surface area contributed by atoms with E-state index < -0.39 is 0 Å². The summed E-state index contributed by atoms with van der Waals surface area (Å²) >= 11 is 0. The summed E-state index contributed by atoms with van der Waals surface area (Å²) in [7, 11) is 0. The Labute approximate surface area is 123 Å². The van der Waals surface area contributed by atoms with Crippen LogP contribution < -0.4 is 10.2 Å². The standard InChI is InChI=1S/C17H29N3/c1-5-10-18-14(4)15-8-6-11-19-17(15)20-12-7-9-16(20)13(2)3/h6,8,11,13-14,16,18H,5,7,9-10,12H2,1-4H3. The molecule has 2 unspecified atom stereocenters. The van der Waals surface area contributed by atoms with Crippen LogP contribution in [-0.2, 0) is 0 Å². The van der Waals surface area contributed by atoms with Crippen LogP contribution in [0.4, 0.5) is 5.82 Å². The van der Waals surface area contributed by atoms with Gasteiger partial charge in [-0.2, -0.15) is 0 Å². The fourth-order valence-electron chi connectivity index (χ4n) is 3.21. The van der Waals surface area contributed by atoms with E-state index in [1.807, 2.05) is 6.20 Å². The lowest BCUT2D eigenvalue weighted by Gasteiger charge is -2.31. The highest BCUT2D eigenvalue weighted by molar-refractivity contribution is 5.50. The Morgan fingerprint density at radius 1 is 1.40 bits per heavy atom. The van der Waals surface area contributed by atoms with Crippen molar-refractivity contribution in [1.29, 1.82) is 0 Å². The van der Waals surface area contributed by atoms with Crippen molar-refractivity contribution >= 4 is 5.82 Å². The van der Waals surface area contributed by atoms with E-state index in [0.29, 0.717) is 18.0 Å². The van der Waals surface area contributed by atoms with Crippen molar-refractivity contribution in [3.8, 4) is 0 Å². The Morgan fingerprint density at radius 2 is 2.20 bits per heavy atom. The molecule has 1 N–H and O–H groups in total. The fourth-order valence-corrected chi connectivity index (χ4v) is 3.21. The number of hydrogen-bond acceptors (Lipinski definition) is 3. The van der Waals surface area contributed by atoms with Crippen LogP contribution in [-0.4, -0.2) is 24.1 Å². The van der Waals surface area contributed by atoms with E-state index in [0.717, 1.165) is 19.5 Å². The van der Waals surface area contributed by atoms with Crippen molar-refractivity contribution in [2.45, 2.75) is 59.0 Å². The number of pyridine rings is 1. The van der Waals surface area contributed by atoms with Crippen LogP contribution in [0.5, 0.6) is 0 Å². The van der Waals surface area contributed by atoms with Gasteiger partial charge in [0.25, 0.3) is 0 Å². The van der Waals surface area contributed by atoms with Crippen molar-refractivity contribution in [2.75, 3.05) is 18.0 Å². The Bertz CT molecular complexity index is 416. The average molecular weight is 275 g/mol. The Kier molecular flexibility index (Phi) is 5.41. The van der Waals surface area contributed by atoms with Crippen LogP contribution in [0.15, 0.2) is 18.3 Å². The zero-order valence-electron chi connectivity index (χ0n) is 13.4. The van der Waals surface area contributed by atoms with E-state index in [9.17, 15) is 0 Å². The molecule has 1 fully saturated rings. The van der Waals surface area contributed by atoms with Crippen molar-refractivity contribution < 1.29 is 0 Å². The molecule has 0 aliphatic carbocycles. The third kappa shape index (κ3) is 3.32. The van der Waals surface area contributed by atoms with E-state index >= 15 is 0 Å². The second kappa shape index (κ2) is 7.07. The SMILES string of the molecule is CCCNC(C)c1cccnc1N1CCCC1C(C)C. The van der Waals surface area contributed by atoms with E-state index in [1.165, 1.54) is 24.2 Å². The smallest absolute Gasteiger partial charge is 0.133 e. The molecule has 1 aromatic rings. The largest absolute Gasteiger partial charge is 0.353 e. The van der Waals surface area contributed by atoms with Crippen LogP contribution in [0.1, 0.15) is 58.6 Å². The maximum Gasteiger partial charge on any atom is 0.133 e. The summed E-state index contributed by atoms with van der Waals surface area (Å²) in [6, 6.07) is 5.29. The molecule has 112 valence electrons. The molecular weight excluding hydrogens is 246 g/mol. The maximum absolute atomic E-state index is 4.71. The molecule has 0 spiro atoms. The molecule has 20 heavy (non-hydrogen) atoms. The van der Waals surface area contributed by atoms with Gasteiger partial charge >= 0.3 is 0 Å². The molecule has 2 heterocycles. The van der Waals surface area contributed by atoms with Gasteiger partial charge in [-0.15, -0.1) is 0 Å². The molecule has 3 heteroatoms. The van der Waals surface area contributed by atoms with Gasteiger partial charge in [0.15, 0.2) is 0 Å². The zero-order chi connectivity index (χ0) is 14.5. The van der Waals surface area contributed by atoms with Crippen LogP contribution in [0.3, 0.4) is 0 Å². The van der Waals surface area contributed by atoms with E-state index in [2.05, 4.69) is 50.0 Å². The minimum absolute atomic E-state index is 0.368. The molecule has 0 aromatic carbocycles. The minimum atomic E-state index is 0.368. The topological polar surface area (TPSA) is 28.2 Å². The lowest BCUT2D eigenvalue weighted by atomic mass is 10.0. The van der Waals surface area contributed by atoms with Crippen molar-refractivity contribution in [3.63, 3.8) is 0 Å². The summed E-state index contributed by atoms with van der Waals surface area (Å²) in [4.78, 5) is 7.24. The molecule has 1 aliphatic heterocycles. The second-order valence-electron chi connectivity index (χ2n) is 6.24. The molecule has 1 aliphatic rings. The number of rotatable bonds is 6. The number of aromatic nitrogens is 1. The second-order valence-corrected chi connectivity index (χ2v) is 6.24. The highest BCUT2D eigenvalue weighted by Gasteiger charge is 2.30. The van der Waals surface area contributed by atoms with Crippen molar-refractivity contribution in [1.82, 2.24) is 10.3 Å². The summed E-state index contributed by atoms with van der Waals surface area (Å²) in [6.45, 7) is 11.3. The van der Waals surface area contributed by atoms with Crippen LogP contribution in [0.2, 0.25) is 0 Å². The Morgan fingerprint density at radius 3 is 2.90 bits per heavy atom. The predicted octanol–water partition coefficient (Wildman–Crippen LogP) is 3.77. The first kappa shape index (κ1) is 15.3. The van der Waals surface area contributed by atoms with E-state index in [1.54, 1.807) is 0 Å². The first-order valence-corrected chi connectivity index (χ1v) is 8.10. The summed E-state index contributed by atoms with van der Waals surface area (Å²) in [5.41, 5.74) is 1.34. The van der Waals surface area contributed by atoms with Gasteiger partial charge in [-0.25, -0.2) is 4.98 Å². The van der Waals surface area contributed by atoms with Crippen LogP contribution in [0.25, 0.3) is 0 Å². The van der Waals surface area contributed by atoms with Crippen LogP contribution >= 0.6 is 0 Å². The summed E-state index contributed by atoms with van der Waals surface area (Å²) < 4.78 is 0. The quantitative estimate of drug-likeness (QED) is 0.856. The summed E-state index contributed by atoms with van der Waals surface area (Å²) in [5, 5.41) is 3.59. The van der Waals surface area contributed by atoms with Gasteiger partial charge in [0.05, 0.1) is 0 Å². The molecule has 3 nitrogen and oxygen atoms in total. The summed E-state index contributed by atoms with van der Waals surface area (Å²) in [6.07, 6.45) is 5.68. The van der Waals surface area contributed by atoms with Crippen molar-refractivity contribution in [3.05, 3.63) is 23.9 Å². The monoisotopic (exact) mass is 275 g/mol. The first-order chi connectivity index (χ1) is 9.65. The lowest BCUT2D eigenvalue weighted by Crippen LogP contribution is -2.35. The molecule has 1 saturated heterocycles. The van der Waals surface area contributed by atoms with Crippen molar-refractivity contribution in [2.24, 2.45) is 5.92 Å². The third-order valence-electron chi connectivity index (χ3n) is 4.32. The Balaban J connectivity index is 2.23. The van der Waals surface area contributed by atoms with Gasteiger partial charge in [-0.1, -0.05) is 26.8 Å². The van der Waals surface area contributed by atoms with Gasteiger partial charge in [0, 0.05) is 30.4 Å². The molecule has 0 bridgehead atoms. The normalized spacial score (nSPS) is 20.6. The highest BCUT2D eigenvalue weighted by Crippen LogP contribution is 2.32. The van der Waals surface area contributed by atoms with Gasteiger partial charge in [-0.05, 0) is 44.7 Å². The van der Waals surface area contributed by atoms with Gasteiger partial charge in [0.1, 0.15) is 5.82 Å². The van der Waals surface area contributed by atoms with Gasteiger partial charge in [0.2, 0.25) is 0 Å². The number of nitrogens with one attached hydrogen (secondary N) is 1. The van der Waals surface area contributed by atoms with Crippen LogP contribution in [0, 0.1) is 5.92 Å². The lowest BCUT2D eigenvalue weighted by molar-refractivity contribution is 0.486. The highest BCUT2D eigenvalue weighted by atomic mass is 15.2. The Hall–Kier alpha value is -1.09. The minimum Gasteiger partial charge on any atom is -0.353 e. The summed E-state index contributed by atoms with van der Waals surface area (Å²) in [5.74, 6) is 1.88. The molecule has 2 atom stereocenters. The van der Waals surface area contributed by atoms with E-state index in [4.69, 9.17) is 4.98 Å². The van der Waals surface area contributed by atoms with Gasteiger partial charge < -0.3 is 10.2 Å². The first-order valence-electron chi connectivity index (χ1n) is 8.10. The zero-order valence-corrected chi connectivity index (χ0v) is 13.4. The number of nitrogens with zero attached hydrogens (tertiary/aromatic N) is 2. The molecule has 0 amide bonds. The average Bonchev–Trinajstić information content (AvgIpc) is 2.94. The van der Waals surface area contributed by atoms with Gasteiger partial charge in [-0.3, -0.25) is 0 Å². The maximum atomic E-state index is 4.71.